The molecule has 4 N–H and O–H groups in total. The quantitative estimate of drug-likeness (QED) is 0.228. The summed E-state index contributed by atoms with van der Waals surface area (Å²) in [6, 6.07) is 7.70. The molecule has 13 heteroatoms. The molecule has 2 aliphatic heterocycles. The Kier molecular flexibility index (Phi) is 8.98. The molecule has 2 aromatic heterocycles. The lowest BCUT2D eigenvalue weighted by molar-refractivity contribution is 0.0710. The maximum Gasteiger partial charge on any atom is 0.281 e. The zero-order valence-corrected chi connectivity index (χ0v) is 26.2. The van der Waals surface area contributed by atoms with Crippen molar-refractivity contribution >= 4 is 33.4 Å². The molecule has 1 saturated carbocycles. The van der Waals surface area contributed by atoms with Crippen LogP contribution >= 0.6 is 0 Å². The molecule has 43 heavy (non-hydrogen) atoms. The smallest absolute Gasteiger partial charge is 0.281 e. The summed E-state index contributed by atoms with van der Waals surface area (Å²) in [5, 5.41) is 4.18. The second-order valence-electron chi connectivity index (χ2n) is 12.6. The van der Waals surface area contributed by atoms with Gasteiger partial charge in [0.2, 0.25) is 0 Å². The summed E-state index contributed by atoms with van der Waals surface area (Å²) in [6.45, 7) is 10.3. The summed E-state index contributed by atoms with van der Waals surface area (Å²) >= 11 is 0. The molecule has 4 bridgehead atoms. The van der Waals surface area contributed by atoms with Gasteiger partial charge in [0.05, 0.1) is 24.4 Å². The number of ether oxygens (including phenoxy) is 2. The number of hydrogen-bond donors (Lipinski definition) is 3. The van der Waals surface area contributed by atoms with Gasteiger partial charge in [0.1, 0.15) is 17.5 Å². The van der Waals surface area contributed by atoms with E-state index in [0.717, 1.165) is 6.42 Å². The summed E-state index contributed by atoms with van der Waals surface area (Å²) in [7, 11) is -4.26. The number of pyridine rings is 2. The maximum absolute atomic E-state index is 13.5. The number of nitrogens with zero attached hydrogens (tertiary/aromatic N) is 4. The summed E-state index contributed by atoms with van der Waals surface area (Å²) in [5.74, 6) is 6.64. The monoisotopic (exact) mass is 613 g/mol. The van der Waals surface area contributed by atoms with Crippen LogP contribution in [0.3, 0.4) is 0 Å². The highest BCUT2D eigenvalue weighted by Gasteiger charge is 2.42. The first-order valence-corrected chi connectivity index (χ1v) is 16.4. The van der Waals surface area contributed by atoms with Crippen LogP contribution in [0, 0.1) is 5.41 Å². The fourth-order valence-electron chi connectivity index (χ4n) is 5.51. The van der Waals surface area contributed by atoms with Crippen molar-refractivity contribution in [1.82, 2.24) is 14.7 Å². The van der Waals surface area contributed by atoms with Gasteiger partial charge in [0.25, 0.3) is 15.9 Å². The van der Waals surface area contributed by atoms with Gasteiger partial charge in [0, 0.05) is 31.4 Å². The first-order chi connectivity index (χ1) is 20.4. The molecule has 234 valence electrons. The number of anilines is 3. The summed E-state index contributed by atoms with van der Waals surface area (Å²) in [6.07, 6.45) is 8.78. The van der Waals surface area contributed by atoms with Crippen LogP contribution in [0.5, 0.6) is 0 Å². The van der Waals surface area contributed by atoms with Gasteiger partial charge in [-0.3, -0.25) is 9.80 Å². The Morgan fingerprint density at radius 3 is 2.79 bits per heavy atom. The molecule has 2 fully saturated rings. The van der Waals surface area contributed by atoms with Gasteiger partial charge in [-0.25, -0.2) is 20.5 Å². The number of nitrogens with one attached hydrogen (secondary N) is 2. The van der Waals surface area contributed by atoms with Crippen molar-refractivity contribution in [2.24, 2.45) is 11.3 Å². The Balaban J connectivity index is 1.39. The SMILES string of the molecule is CC(/C=C\N(N)c1ccc2c(n1)N1CC(CC1(C)C)OCCNc1cccc(n1)S(=O)(=O)NC2=O)OCCCC1(C)CC1. The lowest BCUT2D eigenvalue weighted by Crippen LogP contribution is -2.41. The van der Waals surface area contributed by atoms with E-state index >= 15 is 0 Å². The third-order valence-corrected chi connectivity index (χ3v) is 9.62. The maximum atomic E-state index is 13.5. The van der Waals surface area contributed by atoms with Crippen molar-refractivity contribution in [3.8, 4) is 0 Å². The molecule has 1 saturated heterocycles. The summed E-state index contributed by atoms with van der Waals surface area (Å²) in [4.78, 5) is 24.5. The Hall–Kier alpha value is -3.26. The number of fused-ring (bicyclic) bond motifs is 6. The second kappa shape index (κ2) is 12.4. The van der Waals surface area contributed by atoms with E-state index in [0.29, 0.717) is 55.6 Å². The molecule has 0 spiro atoms. The molecule has 2 aromatic rings. The normalized spacial score (nSPS) is 23.0. The zero-order chi connectivity index (χ0) is 30.8. The third-order valence-electron chi connectivity index (χ3n) is 8.38. The largest absolute Gasteiger partial charge is 0.374 e. The number of hydrazine groups is 1. The number of carbonyl (C=O) groups excluding carboxylic acids is 1. The van der Waals surface area contributed by atoms with E-state index in [-0.39, 0.29) is 22.8 Å². The van der Waals surface area contributed by atoms with E-state index in [4.69, 9.17) is 20.3 Å². The molecule has 5 rings (SSSR count). The number of carbonyl (C=O) groups is 1. The topological polar surface area (TPSA) is 152 Å². The van der Waals surface area contributed by atoms with Crippen LogP contribution in [0.25, 0.3) is 0 Å². The number of rotatable bonds is 8. The standard InChI is InChI=1S/C30H43N7O5S/c1-21(41-17-6-12-30(4)13-14-30)11-16-37(31)25-10-9-23-27(34-25)36-20-22(19-29(36,2)3)42-18-15-32-24-7-5-8-26(33-24)43(39,40)35-28(23)38/h5,7-11,16,21-22H,6,12-15,17-20,31H2,1-4H3,(H,32,33)(H,35,38)/b16-11-. The number of nitrogens with two attached hydrogens (primary N) is 1. The molecule has 3 aliphatic rings. The minimum absolute atomic E-state index is 0.101. The fourth-order valence-corrected chi connectivity index (χ4v) is 6.44. The minimum atomic E-state index is -4.26. The second-order valence-corrected chi connectivity index (χ2v) is 14.3. The zero-order valence-electron chi connectivity index (χ0n) is 25.4. The van der Waals surface area contributed by atoms with Gasteiger partial charge in [-0.1, -0.05) is 13.0 Å². The highest BCUT2D eigenvalue weighted by molar-refractivity contribution is 7.90. The molecule has 1 aliphatic carbocycles. The number of hydrogen-bond acceptors (Lipinski definition) is 11. The summed E-state index contributed by atoms with van der Waals surface area (Å²) < 4.78 is 40.6. The molecule has 1 amide bonds. The lowest BCUT2D eigenvalue weighted by Gasteiger charge is -2.34. The first kappa shape index (κ1) is 31.2. The van der Waals surface area contributed by atoms with E-state index in [1.54, 1.807) is 30.5 Å². The predicted octanol–water partition coefficient (Wildman–Crippen LogP) is 3.57. The highest BCUT2D eigenvalue weighted by atomic mass is 32.2. The average molecular weight is 614 g/mol. The Morgan fingerprint density at radius 2 is 2.02 bits per heavy atom. The van der Waals surface area contributed by atoms with E-state index < -0.39 is 21.5 Å². The highest BCUT2D eigenvalue weighted by Crippen LogP contribution is 2.48. The van der Waals surface area contributed by atoms with Crippen molar-refractivity contribution in [2.75, 3.05) is 41.5 Å². The predicted molar refractivity (Wildman–Crippen MR) is 165 cm³/mol. The Bertz CT molecular complexity index is 1460. The van der Waals surface area contributed by atoms with Crippen molar-refractivity contribution < 1.29 is 22.7 Å². The van der Waals surface area contributed by atoms with Crippen LogP contribution < -0.4 is 25.8 Å². The molecule has 4 heterocycles. The first-order valence-electron chi connectivity index (χ1n) is 14.9. The fraction of sp³-hybridized carbons (Fsp3) is 0.567. The number of aromatic nitrogens is 2. The van der Waals surface area contributed by atoms with Crippen LogP contribution in [-0.4, -0.2) is 68.3 Å². The Labute approximate surface area is 254 Å². The number of amides is 1. The number of sulfonamides is 1. The Morgan fingerprint density at radius 1 is 1.23 bits per heavy atom. The molecule has 2 atom stereocenters. The molecular formula is C30H43N7O5S. The molecule has 0 aromatic carbocycles. The minimum Gasteiger partial charge on any atom is -0.374 e. The van der Waals surface area contributed by atoms with E-state index in [9.17, 15) is 13.2 Å². The summed E-state index contributed by atoms with van der Waals surface area (Å²) in [5.41, 5.74) is 0.177. The van der Waals surface area contributed by atoms with Crippen molar-refractivity contribution in [3.63, 3.8) is 0 Å². The van der Waals surface area contributed by atoms with Gasteiger partial charge in [-0.15, -0.1) is 0 Å². The van der Waals surface area contributed by atoms with Gasteiger partial charge in [-0.05, 0) is 88.6 Å². The molecule has 2 unspecified atom stereocenters. The third kappa shape index (κ3) is 7.64. The van der Waals surface area contributed by atoms with E-state index in [1.165, 1.54) is 30.3 Å². The van der Waals surface area contributed by atoms with Gasteiger partial charge in [0.15, 0.2) is 5.03 Å². The van der Waals surface area contributed by atoms with Crippen LogP contribution in [0.2, 0.25) is 0 Å². The molecule has 12 nitrogen and oxygen atoms in total. The van der Waals surface area contributed by atoms with Crippen LogP contribution in [0.15, 0.2) is 47.6 Å². The van der Waals surface area contributed by atoms with Crippen LogP contribution in [0.1, 0.15) is 70.2 Å². The van der Waals surface area contributed by atoms with Gasteiger partial charge in [-0.2, -0.15) is 8.42 Å². The van der Waals surface area contributed by atoms with E-state index in [2.05, 4.69) is 21.9 Å². The average Bonchev–Trinajstić information content (AvgIpc) is 3.62. The van der Waals surface area contributed by atoms with Crippen LogP contribution in [0.4, 0.5) is 17.5 Å². The van der Waals surface area contributed by atoms with Crippen molar-refractivity contribution in [2.45, 2.75) is 82.6 Å². The lowest BCUT2D eigenvalue weighted by atomic mass is 10.0. The van der Waals surface area contributed by atoms with Crippen molar-refractivity contribution in [1.29, 1.82) is 0 Å². The molecule has 0 radical (unpaired) electrons. The molecular weight excluding hydrogens is 570 g/mol. The van der Waals surface area contributed by atoms with Gasteiger partial charge >= 0.3 is 0 Å². The van der Waals surface area contributed by atoms with Gasteiger partial charge < -0.3 is 19.7 Å². The van der Waals surface area contributed by atoms with Crippen molar-refractivity contribution in [3.05, 3.63) is 48.2 Å². The van der Waals surface area contributed by atoms with Crippen LogP contribution in [-0.2, 0) is 19.5 Å². The van der Waals surface area contributed by atoms with E-state index in [1.807, 2.05) is 31.7 Å².